The third-order valence-electron chi connectivity index (χ3n) is 1.97. The molecule has 0 bridgehead atoms. The number of esters is 2. The fourth-order valence-corrected chi connectivity index (χ4v) is 3.55. The van der Waals surface area contributed by atoms with E-state index < -0.39 is 5.97 Å². The van der Waals surface area contributed by atoms with Gasteiger partial charge in [-0.05, 0) is 17.9 Å². The van der Waals surface area contributed by atoms with Crippen molar-refractivity contribution < 1.29 is 19.1 Å². The first-order valence-corrected chi connectivity index (χ1v) is 7.60. The van der Waals surface area contributed by atoms with E-state index in [1.165, 1.54) is 0 Å². The van der Waals surface area contributed by atoms with Gasteiger partial charge in [-0.1, -0.05) is 6.58 Å². The highest BCUT2D eigenvalue weighted by Crippen LogP contribution is 2.24. The summed E-state index contributed by atoms with van der Waals surface area (Å²) >= 11 is 3.47. The zero-order valence-corrected chi connectivity index (χ0v) is 11.2. The number of carbonyl (C=O) groups excluding carboxylic acids is 2. The number of ether oxygens (including phenoxy) is 2. The molecule has 6 heteroatoms. The summed E-state index contributed by atoms with van der Waals surface area (Å²) in [7, 11) is 0. The van der Waals surface area contributed by atoms with Crippen molar-refractivity contribution >= 4 is 35.5 Å². The van der Waals surface area contributed by atoms with Gasteiger partial charge in [0.05, 0.1) is 6.42 Å². The maximum atomic E-state index is 11.4. The lowest BCUT2D eigenvalue weighted by Crippen LogP contribution is -2.18. The van der Waals surface area contributed by atoms with Gasteiger partial charge in [-0.3, -0.25) is 4.79 Å². The van der Waals surface area contributed by atoms with Crippen LogP contribution in [-0.2, 0) is 19.1 Å². The molecular weight excluding hydrogens is 260 g/mol. The zero-order chi connectivity index (χ0) is 12.5. The topological polar surface area (TPSA) is 52.6 Å². The molecule has 0 aromatic heterocycles. The predicted molar refractivity (Wildman–Crippen MR) is 70.1 cm³/mol. The summed E-state index contributed by atoms with van der Waals surface area (Å²) in [4.78, 5) is 22.2. The molecule has 1 aliphatic heterocycles. The van der Waals surface area contributed by atoms with Crippen molar-refractivity contribution in [3.05, 3.63) is 12.7 Å². The van der Waals surface area contributed by atoms with E-state index in [0.717, 1.165) is 29.8 Å². The minimum atomic E-state index is -0.516. The van der Waals surface area contributed by atoms with Gasteiger partial charge in [0.1, 0.15) is 6.61 Å². The second-order valence-electron chi connectivity index (χ2n) is 3.34. The Labute approximate surface area is 109 Å². The van der Waals surface area contributed by atoms with Crippen molar-refractivity contribution in [3.63, 3.8) is 0 Å². The molecule has 0 spiro atoms. The molecule has 96 valence electrons. The first-order chi connectivity index (χ1) is 8.22. The Morgan fingerprint density at radius 3 is 3.00 bits per heavy atom. The lowest BCUT2D eigenvalue weighted by atomic mass is 10.4. The van der Waals surface area contributed by atoms with Crippen LogP contribution in [0.1, 0.15) is 12.8 Å². The molecule has 0 saturated carbocycles. The van der Waals surface area contributed by atoms with Crippen LogP contribution in [-0.4, -0.2) is 41.2 Å². The van der Waals surface area contributed by atoms with E-state index in [-0.39, 0.29) is 24.4 Å². The Hall–Kier alpha value is -0.620. The highest BCUT2D eigenvalue weighted by molar-refractivity contribution is 8.03. The molecule has 1 atom stereocenters. The minimum Gasteiger partial charge on any atom is -0.462 e. The SMILES string of the molecule is C=CC(=O)OCCC(=O)OC1CSCCCS1. The molecule has 1 unspecified atom stereocenters. The Morgan fingerprint density at radius 1 is 1.41 bits per heavy atom. The second-order valence-corrected chi connectivity index (χ2v) is 5.76. The largest absolute Gasteiger partial charge is 0.462 e. The third kappa shape index (κ3) is 6.63. The van der Waals surface area contributed by atoms with Crippen molar-refractivity contribution in [3.8, 4) is 0 Å². The van der Waals surface area contributed by atoms with Gasteiger partial charge in [0.25, 0.3) is 0 Å². The Balaban J connectivity index is 2.14. The van der Waals surface area contributed by atoms with Crippen LogP contribution in [0.15, 0.2) is 12.7 Å². The monoisotopic (exact) mass is 276 g/mol. The molecule has 1 fully saturated rings. The average Bonchev–Trinajstić information content (AvgIpc) is 2.57. The standard InChI is InChI=1S/C11H16O4S2/c1-2-9(12)14-5-4-10(13)15-11-8-16-6-3-7-17-11/h2,11H,1,3-8H2. The molecule has 4 nitrogen and oxygen atoms in total. The maximum Gasteiger partial charge on any atom is 0.330 e. The van der Waals surface area contributed by atoms with Gasteiger partial charge in [0.2, 0.25) is 0 Å². The van der Waals surface area contributed by atoms with Crippen molar-refractivity contribution in [2.75, 3.05) is 23.9 Å². The smallest absolute Gasteiger partial charge is 0.330 e. The molecule has 0 radical (unpaired) electrons. The molecule has 0 aromatic rings. The van der Waals surface area contributed by atoms with Crippen LogP contribution in [0.2, 0.25) is 0 Å². The first-order valence-electron chi connectivity index (χ1n) is 5.40. The van der Waals surface area contributed by atoms with Crippen molar-refractivity contribution in [1.82, 2.24) is 0 Å². The molecule has 17 heavy (non-hydrogen) atoms. The summed E-state index contributed by atoms with van der Waals surface area (Å²) in [5, 5.41) is 0. The van der Waals surface area contributed by atoms with Gasteiger partial charge in [-0.2, -0.15) is 11.8 Å². The first kappa shape index (κ1) is 14.4. The number of thioether (sulfide) groups is 2. The van der Waals surface area contributed by atoms with Crippen LogP contribution in [0.5, 0.6) is 0 Å². The second kappa shape index (κ2) is 8.47. The fraction of sp³-hybridized carbons (Fsp3) is 0.636. The van der Waals surface area contributed by atoms with E-state index in [4.69, 9.17) is 9.47 Å². The summed E-state index contributed by atoms with van der Waals surface area (Å²) in [6.45, 7) is 3.32. The van der Waals surface area contributed by atoms with Crippen LogP contribution in [0, 0.1) is 0 Å². The molecular formula is C11H16O4S2. The van der Waals surface area contributed by atoms with Gasteiger partial charge in [-0.15, -0.1) is 11.8 Å². The third-order valence-corrected chi connectivity index (χ3v) is 4.46. The van der Waals surface area contributed by atoms with Crippen molar-refractivity contribution in [2.45, 2.75) is 18.3 Å². The van der Waals surface area contributed by atoms with Gasteiger partial charge in [0, 0.05) is 11.8 Å². The summed E-state index contributed by atoms with van der Waals surface area (Å²) in [5.74, 6) is 2.15. The molecule has 0 amide bonds. The van der Waals surface area contributed by atoms with Gasteiger partial charge >= 0.3 is 11.9 Å². The molecule has 0 aliphatic carbocycles. The van der Waals surface area contributed by atoms with Gasteiger partial charge in [0.15, 0.2) is 5.44 Å². The van der Waals surface area contributed by atoms with Crippen LogP contribution < -0.4 is 0 Å². The zero-order valence-electron chi connectivity index (χ0n) is 9.55. The highest BCUT2D eigenvalue weighted by atomic mass is 32.2. The summed E-state index contributed by atoms with van der Waals surface area (Å²) in [6, 6.07) is 0. The average molecular weight is 276 g/mol. The minimum absolute atomic E-state index is 0.0498. The van der Waals surface area contributed by atoms with Crippen molar-refractivity contribution in [1.29, 1.82) is 0 Å². The Morgan fingerprint density at radius 2 is 2.24 bits per heavy atom. The number of hydrogen-bond donors (Lipinski definition) is 0. The van der Waals surface area contributed by atoms with E-state index >= 15 is 0 Å². The van der Waals surface area contributed by atoms with Gasteiger partial charge < -0.3 is 9.47 Å². The summed E-state index contributed by atoms with van der Waals surface area (Å²) in [5.41, 5.74) is -0.0647. The number of rotatable bonds is 5. The lowest BCUT2D eigenvalue weighted by molar-refractivity contribution is -0.147. The Bertz CT molecular complexity index is 273. The Kier molecular flexibility index (Phi) is 7.19. The van der Waals surface area contributed by atoms with Crippen LogP contribution >= 0.6 is 23.5 Å². The predicted octanol–water partition coefficient (Wildman–Crippen LogP) is 1.85. The summed E-state index contributed by atoms with van der Waals surface area (Å²) in [6.07, 6.45) is 2.32. The number of carbonyl (C=O) groups is 2. The van der Waals surface area contributed by atoms with Gasteiger partial charge in [-0.25, -0.2) is 4.79 Å². The lowest BCUT2D eigenvalue weighted by Gasteiger charge is -2.14. The fourth-order valence-electron chi connectivity index (χ4n) is 1.17. The van der Waals surface area contributed by atoms with E-state index in [0.29, 0.717) is 0 Å². The molecule has 1 rings (SSSR count). The van der Waals surface area contributed by atoms with Crippen LogP contribution in [0.25, 0.3) is 0 Å². The van der Waals surface area contributed by atoms with E-state index in [9.17, 15) is 9.59 Å². The quantitative estimate of drug-likeness (QED) is 0.564. The maximum absolute atomic E-state index is 11.4. The van der Waals surface area contributed by atoms with E-state index in [1.807, 2.05) is 0 Å². The molecule has 0 aromatic carbocycles. The van der Waals surface area contributed by atoms with Crippen LogP contribution in [0.3, 0.4) is 0 Å². The molecule has 1 heterocycles. The van der Waals surface area contributed by atoms with Crippen molar-refractivity contribution in [2.24, 2.45) is 0 Å². The normalized spacial score (nSPS) is 20.1. The van der Waals surface area contributed by atoms with E-state index in [2.05, 4.69) is 6.58 Å². The highest BCUT2D eigenvalue weighted by Gasteiger charge is 2.17. The summed E-state index contributed by atoms with van der Waals surface area (Å²) < 4.78 is 9.98. The van der Waals surface area contributed by atoms with E-state index in [1.54, 1.807) is 23.5 Å². The number of hydrogen-bond acceptors (Lipinski definition) is 6. The van der Waals surface area contributed by atoms with Crippen LogP contribution in [0.4, 0.5) is 0 Å². The molecule has 1 aliphatic rings. The molecule has 0 N–H and O–H groups in total. The molecule has 1 saturated heterocycles.